The molecule has 0 radical (unpaired) electrons. The van der Waals surface area contributed by atoms with E-state index in [1.54, 1.807) is 6.07 Å². The first-order valence-electron chi connectivity index (χ1n) is 9.51. The third-order valence-corrected chi connectivity index (χ3v) is 7.53. The SMILES string of the molecule is Cc1ccc(CN2C[C@@H](c3cccc(O)c3)[C@@H]3[C@H]2C2CCN3CC2)s1. The molecular formula is C21H26N2OS. The molecule has 0 spiro atoms. The normalized spacial score (nSPS) is 34.4. The molecule has 0 unspecified atom stereocenters. The quantitative estimate of drug-likeness (QED) is 0.908. The number of piperidine rings is 3. The molecule has 6 rings (SSSR count). The molecule has 2 bridgehead atoms. The van der Waals surface area contributed by atoms with Gasteiger partial charge in [-0.1, -0.05) is 12.1 Å². The third-order valence-electron chi connectivity index (χ3n) is 6.55. The molecule has 5 heterocycles. The summed E-state index contributed by atoms with van der Waals surface area (Å²) in [5.41, 5.74) is 1.31. The van der Waals surface area contributed by atoms with Crippen molar-refractivity contribution in [3.8, 4) is 5.75 Å². The van der Waals surface area contributed by atoms with Crippen LogP contribution < -0.4 is 0 Å². The summed E-state index contributed by atoms with van der Waals surface area (Å²) in [5.74, 6) is 1.76. The summed E-state index contributed by atoms with van der Waals surface area (Å²) in [6, 6.07) is 13.8. The first kappa shape index (κ1) is 15.9. The van der Waals surface area contributed by atoms with Gasteiger partial charge in [0.15, 0.2) is 0 Å². The van der Waals surface area contributed by atoms with Crippen molar-refractivity contribution in [3.63, 3.8) is 0 Å². The van der Waals surface area contributed by atoms with Crippen molar-refractivity contribution in [3.05, 3.63) is 51.7 Å². The molecule has 4 aliphatic rings. The van der Waals surface area contributed by atoms with Crippen molar-refractivity contribution in [2.45, 2.75) is 44.3 Å². The summed E-state index contributed by atoms with van der Waals surface area (Å²) in [6.45, 7) is 6.91. The number of fused-ring (bicyclic) bond motifs is 2. The highest BCUT2D eigenvalue weighted by Crippen LogP contribution is 2.47. The van der Waals surface area contributed by atoms with E-state index in [4.69, 9.17) is 0 Å². The fourth-order valence-corrected chi connectivity index (χ4v) is 6.46. The predicted molar refractivity (Wildman–Crippen MR) is 102 cm³/mol. The summed E-state index contributed by atoms with van der Waals surface area (Å²) in [5, 5.41) is 9.98. The smallest absolute Gasteiger partial charge is 0.115 e. The molecule has 0 saturated carbocycles. The zero-order chi connectivity index (χ0) is 17.0. The van der Waals surface area contributed by atoms with E-state index in [1.807, 2.05) is 23.5 Å². The van der Waals surface area contributed by atoms with Crippen molar-refractivity contribution in [1.29, 1.82) is 0 Å². The summed E-state index contributed by atoms with van der Waals surface area (Å²) in [7, 11) is 0. The van der Waals surface area contributed by atoms with Gasteiger partial charge in [0.2, 0.25) is 0 Å². The van der Waals surface area contributed by atoms with E-state index < -0.39 is 0 Å². The van der Waals surface area contributed by atoms with Crippen LogP contribution in [-0.4, -0.2) is 46.6 Å². The van der Waals surface area contributed by atoms with Crippen LogP contribution in [0, 0.1) is 12.8 Å². The van der Waals surface area contributed by atoms with Gasteiger partial charge >= 0.3 is 0 Å². The molecule has 0 amide bonds. The highest BCUT2D eigenvalue weighted by molar-refractivity contribution is 7.11. The Hall–Kier alpha value is -1.36. The average molecular weight is 355 g/mol. The van der Waals surface area contributed by atoms with Crippen LogP contribution in [0.3, 0.4) is 0 Å². The van der Waals surface area contributed by atoms with Gasteiger partial charge in [0, 0.05) is 40.8 Å². The number of rotatable bonds is 3. The van der Waals surface area contributed by atoms with Gasteiger partial charge in [-0.3, -0.25) is 9.80 Å². The summed E-state index contributed by atoms with van der Waals surface area (Å²) in [4.78, 5) is 8.38. The van der Waals surface area contributed by atoms with Gasteiger partial charge < -0.3 is 5.11 Å². The first-order valence-corrected chi connectivity index (χ1v) is 10.3. The van der Waals surface area contributed by atoms with E-state index in [9.17, 15) is 5.11 Å². The molecule has 3 nitrogen and oxygen atoms in total. The Morgan fingerprint density at radius 1 is 1.12 bits per heavy atom. The van der Waals surface area contributed by atoms with Gasteiger partial charge in [-0.15, -0.1) is 11.3 Å². The number of benzene rings is 1. The molecule has 132 valence electrons. The Morgan fingerprint density at radius 2 is 1.96 bits per heavy atom. The van der Waals surface area contributed by atoms with Gasteiger partial charge in [-0.25, -0.2) is 0 Å². The third kappa shape index (κ3) is 2.71. The van der Waals surface area contributed by atoms with Crippen molar-refractivity contribution in [2.75, 3.05) is 19.6 Å². The Kier molecular flexibility index (Phi) is 3.88. The second-order valence-corrected chi connectivity index (χ2v) is 9.37. The number of likely N-dealkylation sites (tertiary alicyclic amines) is 1. The van der Waals surface area contributed by atoms with Crippen LogP contribution in [0.1, 0.15) is 34.1 Å². The monoisotopic (exact) mass is 354 g/mol. The van der Waals surface area contributed by atoms with Crippen LogP contribution in [0.25, 0.3) is 0 Å². The standard InChI is InChI=1S/C21H26N2OS/c1-14-5-6-18(25-14)12-23-13-19(16-3-2-4-17(24)11-16)21-20(23)15-7-9-22(21)10-8-15/h2-6,11,15,19-21,24H,7-10,12-13H2,1H3/t19-,20+,21+/m0/s1. The molecule has 2 aromatic rings. The number of hydrogen-bond donors (Lipinski definition) is 1. The predicted octanol–water partition coefficient (Wildman–Crippen LogP) is 3.82. The number of aryl methyl sites for hydroxylation is 1. The van der Waals surface area contributed by atoms with Crippen LogP contribution in [0.15, 0.2) is 36.4 Å². The lowest BCUT2D eigenvalue weighted by Gasteiger charge is -2.51. The largest absolute Gasteiger partial charge is 0.508 e. The second kappa shape index (κ2) is 6.11. The number of hydrogen-bond acceptors (Lipinski definition) is 4. The molecule has 25 heavy (non-hydrogen) atoms. The van der Waals surface area contributed by atoms with Crippen molar-refractivity contribution in [1.82, 2.24) is 9.80 Å². The lowest BCUT2D eigenvalue weighted by molar-refractivity contribution is -0.00845. The van der Waals surface area contributed by atoms with Crippen LogP contribution in [0.4, 0.5) is 0 Å². The van der Waals surface area contributed by atoms with E-state index in [1.165, 1.54) is 41.2 Å². The molecule has 4 saturated heterocycles. The van der Waals surface area contributed by atoms with Crippen LogP contribution in [-0.2, 0) is 6.54 Å². The van der Waals surface area contributed by atoms with Crippen molar-refractivity contribution >= 4 is 11.3 Å². The summed E-state index contributed by atoms with van der Waals surface area (Å²) in [6.07, 6.45) is 2.71. The van der Waals surface area contributed by atoms with Crippen LogP contribution >= 0.6 is 11.3 Å². The molecule has 0 aliphatic carbocycles. The zero-order valence-electron chi connectivity index (χ0n) is 14.8. The van der Waals surface area contributed by atoms with Gasteiger partial charge in [0.1, 0.15) is 5.75 Å². The molecule has 1 aromatic heterocycles. The average Bonchev–Trinajstić information content (AvgIpc) is 3.22. The minimum absolute atomic E-state index is 0.400. The maximum atomic E-state index is 9.98. The number of nitrogens with zero attached hydrogens (tertiary/aromatic N) is 2. The molecule has 1 aromatic carbocycles. The molecule has 4 aliphatic heterocycles. The fourth-order valence-electron chi connectivity index (χ4n) is 5.54. The van der Waals surface area contributed by atoms with Crippen LogP contribution in [0.5, 0.6) is 5.75 Å². The Labute approximate surface area is 153 Å². The van der Waals surface area contributed by atoms with E-state index in [0.29, 0.717) is 23.8 Å². The highest BCUT2D eigenvalue weighted by Gasteiger charge is 2.53. The van der Waals surface area contributed by atoms with Crippen molar-refractivity contribution < 1.29 is 5.11 Å². The second-order valence-electron chi connectivity index (χ2n) is 8.00. The van der Waals surface area contributed by atoms with Crippen molar-refractivity contribution in [2.24, 2.45) is 5.92 Å². The molecule has 4 heteroatoms. The van der Waals surface area contributed by atoms with E-state index >= 15 is 0 Å². The zero-order valence-corrected chi connectivity index (χ0v) is 15.6. The minimum Gasteiger partial charge on any atom is -0.508 e. The van der Waals surface area contributed by atoms with E-state index in [0.717, 1.165) is 19.0 Å². The number of phenolic OH excluding ortho intramolecular Hbond substituents is 1. The molecule has 1 N–H and O–H groups in total. The molecule has 3 atom stereocenters. The topological polar surface area (TPSA) is 26.7 Å². The Bertz CT molecular complexity index is 765. The van der Waals surface area contributed by atoms with E-state index in [-0.39, 0.29) is 0 Å². The number of phenols is 1. The summed E-state index contributed by atoms with van der Waals surface area (Å²) >= 11 is 1.94. The number of aromatic hydroxyl groups is 1. The molecule has 4 fully saturated rings. The molecular weight excluding hydrogens is 328 g/mol. The van der Waals surface area contributed by atoms with E-state index in [2.05, 4.69) is 34.9 Å². The highest BCUT2D eigenvalue weighted by atomic mass is 32.1. The van der Waals surface area contributed by atoms with Gasteiger partial charge in [0.25, 0.3) is 0 Å². The van der Waals surface area contributed by atoms with Crippen LogP contribution in [0.2, 0.25) is 0 Å². The Balaban J connectivity index is 1.48. The fraction of sp³-hybridized carbons (Fsp3) is 0.524. The maximum Gasteiger partial charge on any atom is 0.115 e. The Morgan fingerprint density at radius 3 is 2.68 bits per heavy atom. The lowest BCUT2D eigenvalue weighted by atomic mass is 9.75. The lowest BCUT2D eigenvalue weighted by Crippen LogP contribution is -2.59. The first-order chi connectivity index (χ1) is 12.2. The maximum absolute atomic E-state index is 9.98. The van der Waals surface area contributed by atoms with Gasteiger partial charge in [-0.2, -0.15) is 0 Å². The summed E-state index contributed by atoms with van der Waals surface area (Å²) < 4.78 is 0. The minimum atomic E-state index is 0.400. The van der Waals surface area contributed by atoms with Gasteiger partial charge in [0.05, 0.1) is 0 Å². The van der Waals surface area contributed by atoms with Gasteiger partial charge in [-0.05, 0) is 68.6 Å². The number of thiophene rings is 1.